The molecule has 0 amide bonds. The SMILES string of the molecule is C[C@H](C(O)c1ccccc1)N(C)c1cc(-c2ccc(OC(F)(F)F)cc2)ncn1. The molecule has 0 aliphatic rings. The molecule has 0 fully saturated rings. The van der Waals surface area contributed by atoms with Crippen molar-refractivity contribution in [2.45, 2.75) is 25.4 Å². The summed E-state index contributed by atoms with van der Waals surface area (Å²) >= 11 is 0. The van der Waals surface area contributed by atoms with E-state index >= 15 is 0 Å². The van der Waals surface area contributed by atoms with Crippen molar-refractivity contribution in [2.24, 2.45) is 0 Å². The zero-order valence-electron chi connectivity index (χ0n) is 15.8. The van der Waals surface area contributed by atoms with E-state index in [1.165, 1.54) is 30.6 Å². The van der Waals surface area contributed by atoms with Crippen LogP contribution in [0.25, 0.3) is 11.3 Å². The fourth-order valence-corrected chi connectivity index (χ4v) is 2.87. The van der Waals surface area contributed by atoms with Crippen molar-refractivity contribution >= 4 is 5.82 Å². The Morgan fingerprint density at radius 3 is 2.28 bits per heavy atom. The van der Waals surface area contributed by atoms with E-state index in [2.05, 4.69) is 14.7 Å². The van der Waals surface area contributed by atoms with Crippen LogP contribution in [0.15, 0.2) is 67.0 Å². The third-order valence-electron chi connectivity index (χ3n) is 4.61. The van der Waals surface area contributed by atoms with Gasteiger partial charge in [-0.05, 0) is 36.8 Å². The molecule has 3 rings (SSSR count). The highest BCUT2D eigenvalue weighted by molar-refractivity contribution is 5.63. The monoisotopic (exact) mass is 403 g/mol. The largest absolute Gasteiger partial charge is 0.573 e. The number of hydrogen-bond acceptors (Lipinski definition) is 5. The van der Waals surface area contributed by atoms with Crippen LogP contribution in [0, 0.1) is 0 Å². The Bertz CT molecular complexity index is 934. The van der Waals surface area contributed by atoms with Crippen LogP contribution < -0.4 is 9.64 Å². The van der Waals surface area contributed by atoms with Crippen LogP contribution in [-0.4, -0.2) is 34.5 Å². The number of aromatic nitrogens is 2. The number of aliphatic hydroxyl groups is 1. The predicted octanol–water partition coefficient (Wildman–Crippen LogP) is 4.60. The van der Waals surface area contributed by atoms with Gasteiger partial charge < -0.3 is 14.7 Å². The minimum atomic E-state index is -4.73. The van der Waals surface area contributed by atoms with Gasteiger partial charge in [-0.1, -0.05) is 30.3 Å². The molecule has 0 aliphatic heterocycles. The predicted molar refractivity (Wildman–Crippen MR) is 103 cm³/mol. The molecule has 2 aromatic carbocycles. The topological polar surface area (TPSA) is 58.5 Å². The lowest BCUT2D eigenvalue weighted by atomic mass is 10.0. The maximum Gasteiger partial charge on any atom is 0.573 e. The smallest absolute Gasteiger partial charge is 0.406 e. The molecule has 8 heteroatoms. The molecule has 0 radical (unpaired) electrons. The van der Waals surface area contributed by atoms with Crippen LogP contribution in [0.1, 0.15) is 18.6 Å². The minimum absolute atomic E-state index is 0.275. The fraction of sp³-hybridized carbons (Fsp3) is 0.238. The van der Waals surface area contributed by atoms with Crippen LogP contribution in [0.4, 0.5) is 19.0 Å². The van der Waals surface area contributed by atoms with Gasteiger partial charge in [-0.15, -0.1) is 13.2 Å². The zero-order valence-corrected chi connectivity index (χ0v) is 15.8. The molecule has 2 atom stereocenters. The molecule has 1 unspecified atom stereocenters. The third-order valence-corrected chi connectivity index (χ3v) is 4.61. The van der Waals surface area contributed by atoms with E-state index in [0.29, 0.717) is 17.1 Å². The van der Waals surface area contributed by atoms with E-state index in [9.17, 15) is 18.3 Å². The number of halogens is 3. The minimum Gasteiger partial charge on any atom is -0.406 e. The molecule has 29 heavy (non-hydrogen) atoms. The van der Waals surface area contributed by atoms with Gasteiger partial charge in [0.15, 0.2) is 0 Å². The summed E-state index contributed by atoms with van der Waals surface area (Å²) in [4.78, 5) is 10.3. The van der Waals surface area contributed by atoms with Crippen molar-refractivity contribution in [1.82, 2.24) is 9.97 Å². The number of nitrogens with zero attached hydrogens (tertiary/aromatic N) is 3. The highest BCUT2D eigenvalue weighted by atomic mass is 19.4. The molecule has 0 saturated carbocycles. The third kappa shape index (κ3) is 5.23. The van der Waals surface area contributed by atoms with E-state index in [0.717, 1.165) is 5.56 Å². The first-order valence-corrected chi connectivity index (χ1v) is 8.88. The fourth-order valence-electron chi connectivity index (χ4n) is 2.87. The first-order chi connectivity index (χ1) is 13.7. The van der Waals surface area contributed by atoms with E-state index in [4.69, 9.17) is 0 Å². The molecule has 1 aromatic heterocycles. The van der Waals surface area contributed by atoms with E-state index < -0.39 is 12.5 Å². The van der Waals surface area contributed by atoms with Crippen LogP contribution in [0.5, 0.6) is 5.75 Å². The quantitative estimate of drug-likeness (QED) is 0.652. The van der Waals surface area contributed by atoms with Gasteiger partial charge in [-0.3, -0.25) is 0 Å². The summed E-state index contributed by atoms with van der Waals surface area (Å²) in [5.74, 6) is 0.278. The Hall–Kier alpha value is -3.13. The van der Waals surface area contributed by atoms with Gasteiger partial charge in [0.05, 0.1) is 17.8 Å². The number of alkyl halides is 3. The summed E-state index contributed by atoms with van der Waals surface area (Å²) in [5.41, 5.74) is 1.95. The average Bonchev–Trinajstić information content (AvgIpc) is 2.72. The molecule has 0 aliphatic carbocycles. The van der Waals surface area contributed by atoms with Gasteiger partial charge in [0, 0.05) is 18.7 Å². The van der Waals surface area contributed by atoms with Crippen LogP contribution in [0.2, 0.25) is 0 Å². The van der Waals surface area contributed by atoms with E-state index in [1.54, 1.807) is 6.07 Å². The summed E-state index contributed by atoms with van der Waals surface area (Å²) in [6.45, 7) is 1.88. The number of ether oxygens (including phenoxy) is 1. The second-order valence-electron chi connectivity index (χ2n) is 6.54. The van der Waals surface area contributed by atoms with Crippen molar-refractivity contribution < 1.29 is 23.0 Å². The van der Waals surface area contributed by atoms with Gasteiger partial charge in [-0.25, -0.2) is 9.97 Å². The molecular formula is C21H20F3N3O2. The summed E-state index contributed by atoms with van der Waals surface area (Å²) in [7, 11) is 1.81. The second-order valence-corrected chi connectivity index (χ2v) is 6.54. The van der Waals surface area contributed by atoms with Crippen molar-refractivity contribution in [3.8, 4) is 17.0 Å². The lowest BCUT2D eigenvalue weighted by molar-refractivity contribution is -0.274. The molecule has 152 valence electrons. The van der Waals surface area contributed by atoms with Crippen LogP contribution in [-0.2, 0) is 0 Å². The average molecular weight is 403 g/mol. The zero-order chi connectivity index (χ0) is 21.0. The number of hydrogen-bond donors (Lipinski definition) is 1. The molecule has 0 saturated heterocycles. The summed E-state index contributed by atoms with van der Waals surface area (Å²) in [5, 5.41) is 10.6. The second kappa shape index (κ2) is 8.48. The number of anilines is 1. The first kappa shape index (κ1) is 20.6. The van der Waals surface area contributed by atoms with Crippen LogP contribution in [0.3, 0.4) is 0 Å². The summed E-state index contributed by atoms with van der Waals surface area (Å²) < 4.78 is 40.8. The van der Waals surface area contributed by atoms with E-state index in [1.807, 2.05) is 49.2 Å². The maximum absolute atomic E-state index is 12.3. The normalized spacial score (nSPS) is 13.6. The van der Waals surface area contributed by atoms with E-state index in [-0.39, 0.29) is 11.8 Å². The number of benzene rings is 2. The Morgan fingerprint density at radius 1 is 1.00 bits per heavy atom. The van der Waals surface area contributed by atoms with Crippen molar-refractivity contribution in [3.05, 3.63) is 72.6 Å². The van der Waals surface area contributed by atoms with Gasteiger partial charge in [0.2, 0.25) is 0 Å². The van der Waals surface area contributed by atoms with Crippen molar-refractivity contribution in [1.29, 1.82) is 0 Å². The lowest BCUT2D eigenvalue weighted by Gasteiger charge is -2.30. The standard InChI is InChI=1S/C21H20F3N3O2/c1-14(20(28)16-6-4-3-5-7-16)27(2)19-12-18(25-13-26-19)15-8-10-17(11-9-15)29-21(22,23)24/h3-14,20,28H,1-2H3/t14-,20?/m1/s1. The molecule has 1 N–H and O–H groups in total. The highest BCUT2D eigenvalue weighted by Crippen LogP contribution is 2.28. The number of likely N-dealkylation sites (N-methyl/N-ethyl adjacent to an activating group) is 1. The van der Waals surface area contributed by atoms with Crippen molar-refractivity contribution in [2.75, 3.05) is 11.9 Å². The van der Waals surface area contributed by atoms with Gasteiger partial charge in [0.1, 0.15) is 17.9 Å². The molecule has 0 bridgehead atoms. The lowest BCUT2D eigenvalue weighted by Crippen LogP contribution is -2.35. The Morgan fingerprint density at radius 2 is 1.66 bits per heavy atom. The molecule has 3 aromatic rings. The van der Waals surface area contributed by atoms with Crippen molar-refractivity contribution in [3.63, 3.8) is 0 Å². The van der Waals surface area contributed by atoms with Gasteiger partial charge in [-0.2, -0.15) is 0 Å². The molecular weight excluding hydrogens is 383 g/mol. The van der Waals surface area contributed by atoms with Gasteiger partial charge >= 0.3 is 6.36 Å². The summed E-state index contributed by atoms with van der Waals surface area (Å²) in [6.07, 6.45) is -4.08. The highest BCUT2D eigenvalue weighted by Gasteiger charge is 2.31. The first-order valence-electron chi connectivity index (χ1n) is 8.88. The summed E-state index contributed by atoms with van der Waals surface area (Å²) in [6, 6.07) is 16.2. The van der Waals surface area contributed by atoms with Crippen LogP contribution >= 0.6 is 0 Å². The maximum atomic E-state index is 12.3. The molecule has 1 heterocycles. The number of rotatable bonds is 6. The van der Waals surface area contributed by atoms with Gasteiger partial charge in [0.25, 0.3) is 0 Å². The Labute approximate surface area is 166 Å². The molecule has 0 spiro atoms. The number of aliphatic hydroxyl groups excluding tert-OH is 1. The Balaban J connectivity index is 1.78. The molecule has 5 nitrogen and oxygen atoms in total. The Kier molecular flexibility index (Phi) is 6.03.